The van der Waals surface area contributed by atoms with Crippen molar-refractivity contribution in [2.75, 3.05) is 5.32 Å². The Kier molecular flexibility index (Phi) is 2.99. The summed E-state index contributed by atoms with van der Waals surface area (Å²) in [5, 5.41) is 3.15. The number of ketones is 1. The minimum Gasteiger partial charge on any atom is -0.324 e. The average Bonchev–Trinajstić information content (AvgIpc) is 2.39. The maximum Gasteiger partial charge on any atom is 0.227 e. The van der Waals surface area contributed by atoms with Crippen molar-refractivity contribution in [2.24, 2.45) is 5.92 Å². The van der Waals surface area contributed by atoms with Crippen LogP contribution in [0.25, 0.3) is 0 Å². The first kappa shape index (κ1) is 11.8. The summed E-state index contributed by atoms with van der Waals surface area (Å²) in [6.07, 6.45) is 3.08. The Balaban J connectivity index is 1.89. The van der Waals surface area contributed by atoms with Crippen molar-refractivity contribution in [3.63, 3.8) is 0 Å². The largest absolute Gasteiger partial charge is 0.324 e. The lowest BCUT2D eigenvalue weighted by atomic mass is 9.88. The van der Waals surface area contributed by atoms with E-state index in [0.717, 1.165) is 17.8 Å². The third-order valence-corrected chi connectivity index (χ3v) is 3.27. The van der Waals surface area contributed by atoms with E-state index in [9.17, 15) is 4.79 Å². The lowest BCUT2D eigenvalue weighted by Crippen LogP contribution is -2.20. The van der Waals surface area contributed by atoms with Crippen LogP contribution in [0.15, 0.2) is 36.5 Å². The van der Waals surface area contributed by atoms with Gasteiger partial charge in [0.1, 0.15) is 0 Å². The number of anilines is 2. The smallest absolute Gasteiger partial charge is 0.227 e. The second kappa shape index (κ2) is 4.80. The first-order valence-electron chi connectivity index (χ1n) is 6.43. The fourth-order valence-corrected chi connectivity index (χ4v) is 2.35. The van der Waals surface area contributed by atoms with E-state index >= 15 is 0 Å². The number of nitrogens with zero attached hydrogens (tertiary/aromatic N) is 2. The molecule has 96 valence electrons. The molecule has 1 heterocycles. The van der Waals surface area contributed by atoms with Crippen LogP contribution in [0, 0.1) is 5.92 Å². The second-order valence-corrected chi connectivity index (χ2v) is 4.98. The molecule has 0 aliphatic heterocycles. The van der Waals surface area contributed by atoms with Crippen LogP contribution < -0.4 is 5.32 Å². The molecular formula is C15H15N3O. The number of fused-ring (bicyclic) bond motifs is 1. The minimum absolute atomic E-state index is 0.153. The topological polar surface area (TPSA) is 54.9 Å². The van der Waals surface area contributed by atoms with Gasteiger partial charge in [0, 0.05) is 18.3 Å². The highest BCUT2D eigenvalue weighted by atomic mass is 16.1. The van der Waals surface area contributed by atoms with Crippen LogP contribution in [0.1, 0.15) is 29.4 Å². The predicted molar refractivity (Wildman–Crippen MR) is 73.6 cm³/mol. The number of hydrogen-bond acceptors (Lipinski definition) is 4. The van der Waals surface area contributed by atoms with Gasteiger partial charge >= 0.3 is 0 Å². The Morgan fingerprint density at radius 3 is 2.79 bits per heavy atom. The molecule has 1 aromatic heterocycles. The summed E-state index contributed by atoms with van der Waals surface area (Å²) in [6, 6.07) is 9.77. The molecular weight excluding hydrogens is 238 g/mol. The maximum atomic E-state index is 11.9. The SMILES string of the molecule is C[C@H]1CC(=O)c2cnc(Nc3ccccc3)nc2C1. The van der Waals surface area contributed by atoms with Crippen molar-refractivity contribution in [1.82, 2.24) is 9.97 Å². The van der Waals surface area contributed by atoms with Gasteiger partial charge < -0.3 is 5.32 Å². The summed E-state index contributed by atoms with van der Waals surface area (Å²) in [4.78, 5) is 20.6. The van der Waals surface area contributed by atoms with Gasteiger partial charge in [0.25, 0.3) is 0 Å². The molecule has 0 saturated carbocycles. The van der Waals surface area contributed by atoms with Crippen LogP contribution in [-0.4, -0.2) is 15.8 Å². The summed E-state index contributed by atoms with van der Waals surface area (Å²) in [7, 11) is 0. The molecule has 0 fully saturated rings. The molecule has 2 aromatic rings. The molecule has 0 saturated heterocycles. The van der Waals surface area contributed by atoms with Crippen molar-refractivity contribution >= 4 is 17.4 Å². The van der Waals surface area contributed by atoms with Crippen molar-refractivity contribution in [3.8, 4) is 0 Å². The van der Waals surface area contributed by atoms with Gasteiger partial charge in [-0.3, -0.25) is 4.79 Å². The van der Waals surface area contributed by atoms with Crippen LogP contribution >= 0.6 is 0 Å². The molecule has 1 aromatic carbocycles. The number of nitrogens with one attached hydrogen (secondary N) is 1. The van der Waals surface area contributed by atoms with Crippen molar-refractivity contribution in [1.29, 1.82) is 0 Å². The Bertz CT molecular complexity index is 610. The van der Waals surface area contributed by atoms with Crippen LogP contribution in [0.4, 0.5) is 11.6 Å². The molecule has 1 aliphatic carbocycles. The molecule has 4 nitrogen and oxygen atoms in total. The predicted octanol–water partition coefficient (Wildman–Crippen LogP) is 2.99. The highest BCUT2D eigenvalue weighted by Gasteiger charge is 2.24. The fraction of sp³-hybridized carbons (Fsp3) is 0.267. The molecule has 4 heteroatoms. The van der Waals surface area contributed by atoms with Crippen molar-refractivity contribution in [2.45, 2.75) is 19.8 Å². The number of carbonyl (C=O) groups excluding carboxylic acids is 1. The highest BCUT2D eigenvalue weighted by Crippen LogP contribution is 2.24. The zero-order valence-electron chi connectivity index (χ0n) is 10.8. The molecule has 19 heavy (non-hydrogen) atoms. The van der Waals surface area contributed by atoms with Crippen molar-refractivity contribution in [3.05, 3.63) is 47.8 Å². The normalized spacial score (nSPS) is 17.9. The van der Waals surface area contributed by atoms with E-state index in [1.54, 1.807) is 6.20 Å². The molecule has 1 aliphatic rings. The monoisotopic (exact) mass is 253 g/mol. The van der Waals surface area contributed by atoms with E-state index in [1.807, 2.05) is 30.3 Å². The van der Waals surface area contributed by atoms with Crippen LogP contribution in [0.5, 0.6) is 0 Å². The quantitative estimate of drug-likeness (QED) is 0.894. The van der Waals surface area contributed by atoms with Gasteiger partial charge in [-0.2, -0.15) is 0 Å². The summed E-state index contributed by atoms with van der Waals surface area (Å²) < 4.78 is 0. The lowest BCUT2D eigenvalue weighted by Gasteiger charge is -2.19. The number of rotatable bonds is 2. The van der Waals surface area contributed by atoms with E-state index in [2.05, 4.69) is 22.2 Å². The first-order valence-corrected chi connectivity index (χ1v) is 6.43. The summed E-state index contributed by atoms with van der Waals surface area (Å²) in [6.45, 7) is 2.08. The average molecular weight is 253 g/mol. The molecule has 0 spiro atoms. The van der Waals surface area contributed by atoms with Crippen LogP contribution in [0.3, 0.4) is 0 Å². The van der Waals surface area contributed by atoms with E-state index in [0.29, 0.717) is 23.9 Å². The van der Waals surface area contributed by atoms with Crippen molar-refractivity contribution < 1.29 is 4.79 Å². The fourth-order valence-electron chi connectivity index (χ4n) is 2.35. The zero-order chi connectivity index (χ0) is 13.2. The van der Waals surface area contributed by atoms with E-state index in [4.69, 9.17) is 0 Å². The van der Waals surface area contributed by atoms with Gasteiger partial charge in [-0.25, -0.2) is 9.97 Å². The van der Waals surface area contributed by atoms with Gasteiger partial charge in [-0.1, -0.05) is 25.1 Å². The number of para-hydroxylation sites is 1. The molecule has 0 unspecified atom stereocenters. The molecule has 1 N–H and O–H groups in total. The molecule has 1 atom stereocenters. The number of carbonyl (C=O) groups is 1. The third-order valence-electron chi connectivity index (χ3n) is 3.27. The van der Waals surface area contributed by atoms with Gasteiger partial charge in [0.05, 0.1) is 11.3 Å². The van der Waals surface area contributed by atoms with Gasteiger partial charge in [-0.05, 0) is 24.5 Å². The Labute approximate surface area is 111 Å². The number of benzene rings is 1. The second-order valence-electron chi connectivity index (χ2n) is 4.98. The van der Waals surface area contributed by atoms with E-state index in [1.165, 1.54) is 0 Å². The zero-order valence-corrected chi connectivity index (χ0v) is 10.8. The Morgan fingerprint density at radius 1 is 1.21 bits per heavy atom. The maximum absolute atomic E-state index is 11.9. The van der Waals surface area contributed by atoms with Gasteiger partial charge in [0.15, 0.2) is 5.78 Å². The Morgan fingerprint density at radius 2 is 2.00 bits per heavy atom. The minimum atomic E-state index is 0.153. The van der Waals surface area contributed by atoms with Gasteiger partial charge in [-0.15, -0.1) is 0 Å². The third kappa shape index (κ3) is 2.47. The van der Waals surface area contributed by atoms with Crippen LogP contribution in [0.2, 0.25) is 0 Å². The summed E-state index contributed by atoms with van der Waals surface area (Å²) in [5.74, 6) is 1.06. The number of hydrogen-bond donors (Lipinski definition) is 1. The molecule has 3 rings (SSSR count). The first-order chi connectivity index (χ1) is 9.22. The number of Topliss-reactive ketones (excluding diaryl/α,β-unsaturated/α-hetero) is 1. The summed E-state index contributed by atoms with van der Waals surface area (Å²) >= 11 is 0. The molecule has 0 amide bonds. The van der Waals surface area contributed by atoms with Gasteiger partial charge in [0.2, 0.25) is 5.95 Å². The molecule has 0 radical (unpaired) electrons. The highest BCUT2D eigenvalue weighted by molar-refractivity contribution is 5.98. The lowest BCUT2D eigenvalue weighted by molar-refractivity contribution is 0.0951. The van der Waals surface area contributed by atoms with Crippen LogP contribution in [-0.2, 0) is 6.42 Å². The summed E-state index contributed by atoms with van der Waals surface area (Å²) in [5.41, 5.74) is 2.48. The standard InChI is InChI=1S/C15H15N3O/c1-10-7-13-12(14(19)8-10)9-16-15(18-13)17-11-5-3-2-4-6-11/h2-6,9-10H,7-8H2,1H3,(H,16,17,18)/t10-/m1/s1. The molecule has 0 bridgehead atoms. The Hall–Kier alpha value is -2.23. The van der Waals surface area contributed by atoms with E-state index < -0.39 is 0 Å². The number of aromatic nitrogens is 2. The van der Waals surface area contributed by atoms with E-state index in [-0.39, 0.29) is 5.78 Å².